The Kier molecular flexibility index (Phi) is 3.42. The SMILES string of the molecule is C/C(=C\CCc1ccccc1)C(=O)[C@@]12O[C@@H]1C(C)(O)NC2=O. The van der Waals surface area contributed by atoms with E-state index >= 15 is 0 Å². The van der Waals surface area contributed by atoms with E-state index in [9.17, 15) is 14.7 Å². The lowest BCUT2D eigenvalue weighted by atomic mass is 9.93. The molecule has 0 radical (unpaired) electrons. The van der Waals surface area contributed by atoms with Crippen molar-refractivity contribution in [1.29, 1.82) is 0 Å². The minimum absolute atomic E-state index is 0.360. The molecule has 0 saturated carbocycles. The number of ketones is 1. The smallest absolute Gasteiger partial charge is 0.265 e. The number of allylic oxidation sites excluding steroid dienone is 1. The second kappa shape index (κ2) is 5.04. The van der Waals surface area contributed by atoms with Crippen LogP contribution in [0.5, 0.6) is 0 Å². The van der Waals surface area contributed by atoms with Crippen LogP contribution < -0.4 is 5.32 Å². The first-order valence-corrected chi connectivity index (χ1v) is 7.36. The van der Waals surface area contributed by atoms with Gasteiger partial charge in [0.05, 0.1) is 0 Å². The summed E-state index contributed by atoms with van der Waals surface area (Å²) in [4.78, 5) is 24.4. The van der Waals surface area contributed by atoms with Crippen LogP contribution in [0.3, 0.4) is 0 Å². The highest BCUT2D eigenvalue weighted by molar-refractivity contribution is 6.21. The molecule has 2 N–H and O–H groups in total. The number of aliphatic hydroxyl groups is 1. The number of Topliss-reactive ketones (excluding diaryl/α,β-unsaturated/α-hetero) is 1. The van der Waals surface area contributed by atoms with Gasteiger partial charge in [0.15, 0.2) is 11.8 Å². The van der Waals surface area contributed by atoms with E-state index in [4.69, 9.17) is 4.74 Å². The van der Waals surface area contributed by atoms with Gasteiger partial charge in [0.2, 0.25) is 11.4 Å². The third-order valence-electron chi connectivity index (χ3n) is 4.25. The van der Waals surface area contributed by atoms with Gasteiger partial charge < -0.3 is 15.2 Å². The average molecular weight is 301 g/mol. The Bertz CT molecular complexity index is 650. The van der Waals surface area contributed by atoms with Crippen molar-refractivity contribution in [3.8, 4) is 0 Å². The molecule has 1 amide bonds. The molecule has 116 valence electrons. The minimum Gasteiger partial charge on any atom is -0.368 e. The fourth-order valence-corrected chi connectivity index (χ4v) is 2.98. The lowest BCUT2D eigenvalue weighted by molar-refractivity contribution is -0.137. The summed E-state index contributed by atoms with van der Waals surface area (Å²) in [5, 5.41) is 12.4. The molecule has 2 saturated heterocycles. The number of epoxide rings is 1. The number of amides is 1. The average Bonchev–Trinajstić information content (AvgIpc) is 3.20. The molecule has 1 aromatic carbocycles. The molecular formula is C17H19NO4. The standard InChI is InChI=1S/C17H19NO4/c1-11(7-6-10-12-8-4-3-5-9-12)13(19)17-14(22-17)16(2,21)18-15(17)20/h3-5,7-9,14,21H,6,10H2,1-2H3,(H,18,20)/b11-7+/t14-,16?,17-/m1/s1. The van der Waals surface area contributed by atoms with Crippen molar-refractivity contribution in [2.45, 2.75) is 44.1 Å². The topological polar surface area (TPSA) is 78.9 Å². The van der Waals surface area contributed by atoms with E-state index in [0.29, 0.717) is 12.0 Å². The summed E-state index contributed by atoms with van der Waals surface area (Å²) >= 11 is 0. The van der Waals surface area contributed by atoms with E-state index < -0.39 is 23.3 Å². The molecule has 0 aromatic heterocycles. The number of nitrogens with one attached hydrogen (secondary N) is 1. The number of ether oxygens (including phenoxy) is 1. The molecule has 22 heavy (non-hydrogen) atoms. The molecule has 3 rings (SSSR count). The summed E-state index contributed by atoms with van der Waals surface area (Å²) in [6.45, 7) is 3.12. The highest BCUT2D eigenvalue weighted by Crippen LogP contribution is 2.49. The molecule has 0 spiro atoms. The van der Waals surface area contributed by atoms with Gasteiger partial charge in [-0.1, -0.05) is 36.4 Å². The molecule has 2 aliphatic rings. The third kappa shape index (κ3) is 2.26. The second-order valence-corrected chi connectivity index (χ2v) is 6.08. The Labute approximate surface area is 129 Å². The molecular weight excluding hydrogens is 282 g/mol. The fourth-order valence-electron chi connectivity index (χ4n) is 2.98. The zero-order chi connectivity index (χ0) is 16.0. The zero-order valence-corrected chi connectivity index (χ0v) is 12.6. The first-order chi connectivity index (χ1) is 10.4. The fraction of sp³-hybridized carbons (Fsp3) is 0.412. The first-order valence-electron chi connectivity index (χ1n) is 7.36. The van der Waals surface area contributed by atoms with Gasteiger partial charge in [0.25, 0.3) is 5.91 Å². The van der Waals surface area contributed by atoms with Crippen molar-refractivity contribution in [3.63, 3.8) is 0 Å². The van der Waals surface area contributed by atoms with E-state index in [1.54, 1.807) is 6.92 Å². The third-order valence-corrected chi connectivity index (χ3v) is 4.25. The lowest BCUT2D eigenvalue weighted by Crippen LogP contribution is -2.45. The number of rotatable bonds is 5. The normalized spacial score (nSPS) is 33.3. The number of carbonyl (C=O) groups is 2. The number of benzene rings is 1. The quantitative estimate of drug-likeness (QED) is 0.485. The van der Waals surface area contributed by atoms with Gasteiger partial charge in [-0.3, -0.25) is 9.59 Å². The van der Waals surface area contributed by atoms with E-state index in [0.717, 1.165) is 6.42 Å². The highest BCUT2D eigenvalue weighted by atomic mass is 16.6. The molecule has 5 nitrogen and oxygen atoms in total. The van der Waals surface area contributed by atoms with Crippen LogP contribution in [0.4, 0.5) is 0 Å². The molecule has 0 aliphatic carbocycles. The maximum Gasteiger partial charge on any atom is 0.265 e. The largest absolute Gasteiger partial charge is 0.368 e. The number of fused-ring (bicyclic) bond motifs is 1. The number of hydrogen-bond donors (Lipinski definition) is 2. The van der Waals surface area contributed by atoms with Crippen LogP contribution in [0.2, 0.25) is 0 Å². The first kappa shape index (κ1) is 14.9. The van der Waals surface area contributed by atoms with Crippen molar-refractivity contribution < 1.29 is 19.4 Å². The van der Waals surface area contributed by atoms with E-state index in [-0.39, 0.29) is 5.78 Å². The van der Waals surface area contributed by atoms with Crippen LogP contribution in [0.1, 0.15) is 25.8 Å². The van der Waals surface area contributed by atoms with Crippen molar-refractivity contribution in [1.82, 2.24) is 5.32 Å². The molecule has 2 fully saturated rings. The number of hydrogen-bond acceptors (Lipinski definition) is 4. The predicted octanol–water partition coefficient (Wildman–Crippen LogP) is 1.11. The van der Waals surface area contributed by atoms with Gasteiger partial charge in [-0.05, 0) is 37.8 Å². The molecule has 5 heteroatoms. The molecule has 1 aromatic rings. The Balaban J connectivity index is 1.66. The van der Waals surface area contributed by atoms with Crippen molar-refractivity contribution in [2.75, 3.05) is 0 Å². The zero-order valence-electron chi connectivity index (χ0n) is 12.6. The van der Waals surface area contributed by atoms with Crippen molar-refractivity contribution >= 4 is 11.7 Å². The van der Waals surface area contributed by atoms with Crippen LogP contribution in [0, 0.1) is 0 Å². The van der Waals surface area contributed by atoms with Crippen LogP contribution in [0.25, 0.3) is 0 Å². The number of aryl methyl sites for hydroxylation is 1. The van der Waals surface area contributed by atoms with Gasteiger partial charge >= 0.3 is 0 Å². The summed E-state index contributed by atoms with van der Waals surface area (Å²) in [6.07, 6.45) is 2.56. The van der Waals surface area contributed by atoms with Gasteiger partial charge in [-0.15, -0.1) is 0 Å². The van der Waals surface area contributed by atoms with E-state index in [1.165, 1.54) is 12.5 Å². The Morgan fingerprint density at radius 1 is 1.41 bits per heavy atom. The van der Waals surface area contributed by atoms with E-state index in [1.807, 2.05) is 36.4 Å². The van der Waals surface area contributed by atoms with E-state index in [2.05, 4.69) is 5.32 Å². The summed E-state index contributed by atoms with van der Waals surface area (Å²) < 4.78 is 5.26. The van der Waals surface area contributed by atoms with Gasteiger partial charge in [-0.2, -0.15) is 0 Å². The van der Waals surface area contributed by atoms with Crippen LogP contribution >= 0.6 is 0 Å². The predicted molar refractivity (Wildman–Crippen MR) is 79.9 cm³/mol. The van der Waals surface area contributed by atoms with Crippen molar-refractivity contribution in [3.05, 3.63) is 47.5 Å². The number of morpholine rings is 1. The molecule has 3 atom stereocenters. The summed E-state index contributed by atoms with van der Waals surface area (Å²) in [7, 11) is 0. The van der Waals surface area contributed by atoms with Gasteiger partial charge in [0, 0.05) is 0 Å². The highest BCUT2D eigenvalue weighted by Gasteiger charge is 2.79. The minimum atomic E-state index is -1.52. The Morgan fingerprint density at radius 2 is 2.09 bits per heavy atom. The Hall–Kier alpha value is -1.98. The summed E-state index contributed by atoms with van der Waals surface area (Å²) in [5.74, 6) is -0.913. The molecule has 0 bridgehead atoms. The molecule has 1 unspecified atom stereocenters. The monoisotopic (exact) mass is 301 g/mol. The summed E-state index contributed by atoms with van der Waals surface area (Å²) in [6, 6.07) is 9.98. The molecule has 2 heterocycles. The lowest BCUT2D eigenvalue weighted by Gasteiger charge is -2.16. The van der Waals surface area contributed by atoms with Crippen molar-refractivity contribution in [2.24, 2.45) is 0 Å². The number of carbonyl (C=O) groups excluding carboxylic acids is 2. The van der Waals surface area contributed by atoms with Crippen LogP contribution in [-0.2, 0) is 20.7 Å². The van der Waals surface area contributed by atoms with Crippen LogP contribution in [0.15, 0.2) is 42.0 Å². The maximum atomic E-state index is 12.5. The van der Waals surface area contributed by atoms with Gasteiger partial charge in [0.1, 0.15) is 0 Å². The summed E-state index contributed by atoms with van der Waals surface area (Å²) in [5.41, 5.74) is -1.31. The van der Waals surface area contributed by atoms with Gasteiger partial charge in [-0.25, -0.2) is 0 Å². The second-order valence-electron chi connectivity index (χ2n) is 6.08. The van der Waals surface area contributed by atoms with Crippen LogP contribution in [-0.4, -0.2) is 34.2 Å². The maximum absolute atomic E-state index is 12.5. The molecule has 2 aliphatic heterocycles. The Morgan fingerprint density at radius 3 is 2.64 bits per heavy atom.